The molecule has 0 aliphatic heterocycles. The van der Waals surface area contributed by atoms with Gasteiger partial charge in [-0.2, -0.15) is 0 Å². The molecule has 0 bridgehead atoms. The Morgan fingerprint density at radius 1 is 0.917 bits per heavy atom. The first-order valence-corrected chi connectivity index (χ1v) is 13.4. The predicted molar refractivity (Wildman–Crippen MR) is 145 cm³/mol. The average Bonchev–Trinajstić information content (AvgIpc) is 2.87. The topological polar surface area (TPSA) is 75.7 Å². The van der Waals surface area contributed by atoms with Crippen LogP contribution in [-0.2, 0) is 14.8 Å². The molecule has 0 saturated carbocycles. The molecule has 0 aliphatic carbocycles. The zero-order chi connectivity index (χ0) is 25.7. The van der Waals surface area contributed by atoms with Crippen LogP contribution in [0.3, 0.4) is 0 Å². The van der Waals surface area contributed by atoms with E-state index in [9.17, 15) is 13.2 Å². The summed E-state index contributed by atoms with van der Waals surface area (Å²) in [5.74, 6) is 0.168. The Balaban J connectivity index is 1.46. The van der Waals surface area contributed by atoms with Crippen LogP contribution in [0.5, 0.6) is 5.75 Å². The monoisotopic (exact) mass is 542 g/mol. The second-order valence-electron chi connectivity index (χ2n) is 8.13. The molecule has 0 unspecified atom stereocenters. The van der Waals surface area contributed by atoms with Crippen LogP contribution in [0.1, 0.15) is 5.56 Å². The normalized spacial score (nSPS) is 11.3. The number of aryl methyl sites for hydroxylation is 1. The second kappa shape index (κ2) is 11.2. The van der Waals surface area contributed by atoms with Crippen molar-refractivity contribution in [2.45, 2.75) is 11.8 Å². The van der Waals surface area contributed by atoms with Crippen molar-refractivity contribution in [3.63, 3.8) is 0 Å². The fraction of sp³-hybridized carbons (Fsp3) is 0.148. The summed E-state index contributed by atoms with van der Waals surface area (Å²) in [6, 6.07) is 24.5. The molecule has 0 heterocycles. The van der Waals surface area contributed by atoms with E-state index in [0.29, 0.717) is 10.8 Å². The SMILES string of the molecule is Cc1ccc(S(=O)(=O)N(CC(=O)NCCOc2ccc3ccccc3c2)c2cc(Cl)ccc2Cl)cc1. The quantitative estimate of drug-likeness (QED) is 0.269. The van der Waals surface area contributed by atoms with Gasteiger partial charge in [-0.05, 0) is 60.2 Å². The molecule has 0 saturated heterocycles. The highest BCUT2D eigenvalue weighted by molar-refractivity contribution is 7.92. The predicted octanol–water partition coefficient (Wildman–Crippen LogP) is 5.85. The van der Waals surface area contributed by atoms with Crippen LogP contribution in [0.4, 0.5) is 5.69 Å². The Labute approximate surface area is 220 Å². The van der Waals surface area contributed by atoms with Gasteiger partial charge in [0.25, 0.3) is 10.0 Å². The Morgan fingerprint density at radius 2 is 1.64 bits per heavy atom. The van der Waals surface area contributed by atoms with E-state index in [4.69, 9.17) is 27.9 Å². The Morgan fingerprint density at radius 3 is 2.39 bits per heavy atom. The third kappa shape index (κ3) is 6.10. The molecule has 0 radical (unpaired) electrons. The number of carbonyl (C=O) groups excluding carboxylic acids is 1. The van der Waals surface area contributed by atoms with Crippen LogP contribution in [0.25, 0.3) is 10.8 Å². The number of hydrogen-bond donors (Lipinski definition) is 1. The van der Waals surface area contributed by atoms with Crippen molar-refractivity contribution >= 4 is 55.6 Å². The van der Waals surface area contributed by atoms with E-state index in [2.05, 4.69) is 5.32 Å². The van der Waals surface area contributed by atoms with Gasteiger partial charge >= 0.3 is 0 Å². The van der Waals surface area contributed by atoms with Crippen LogP contribution in [-0.4, -0.2) is 34.0 Å². The lowest BCUT2D eigenvalue weighted by atomic mass is 10.1. The molecule has 0 atom stereocenters. The van der Waals surface area contributed by atoms with Crippen molar-refractivity contribution in [1.82, 2.24) is 5.32 Å². The van der Waals surface area contributed by atoms with E-state index >= 15 is 0 Å². The van der Waals surface area contributed by atoms with Gasteiger partial charge in [-0.25, -0.2) is 8.42 Å². The van der Waals surface area contributed by atoms with E-state index < -0.39 is 22.5 Å². The largest absolute Gasteiger partial charge is 0.492 e. The van der Waals surface area contributed by atoms with Gasteiger partial charge in [-0.3, -0.25) is 9.10 Å². The molecule has 4 aromatic carbocycles. The van der Waals surface area contributed by atoms with Crippen LogP contribution >= 0.6 is 23.2 Å². The van der Waals surface area contributed by atoms with Crippen LogP contribution in [0.15, 0.2) is 89.8 Å². The molecule has 1 amide bonds. The molecule has 4 rings (SSSR count). The average molecular weight is 543 g/mol. The number of fused-ring (bicyclic) bond motifs is 1. The molecule has 0 fully saturated rings. The minimum absolute atomic E-state index is 0.0385. The van der Waals surface area contributed by atoms with E-state index in [-0.39, 0.29) is 28.8 Å². The van der Waals surface area contributed by atoms with Gasteiger partial charge in [0.1, 0.15) is 18.9 Å². The second-order valence-corrected chi connectivity index (χ2v) is 10.8. The molecular formula is C27H24Cl2N2O4S. The maximum atomic E-state index is 13.5. The molecule has 0 aromatic heterocycles. The molecule has 0 aliphatic rings. The lowest BCUT2D eigenvalue weighted by Gasteiger charge is -2.25. The van der Waals surface area contributed by atoms with Gasteiger partial charge in [-0.1, -0.05) is 71.2 Å². The molecule has 1 N–H and O–H groups in total. The summed E-state index contributed by atoms with van der Waals surface area (Å²) in [7, 11) is -4.10. The highest BCUT2D eigenvalue weighted by Gasteiger charge is 2.29. The van der Waals surface area contributed by atoms with E-state index in [1.165, 1.54) is 24.3 Å². The molecular weight excluding hydrogens is 519 g/mol. The van der Waals surface area contributed by atoms with Crippen molar-refractivity contribution in [3.05, 3.63) is 101 Å². The van der Waals surface area contributed by atoms with Crippen molar-refractivity contribution in [3.8, 4) is 5.75 Å². The fourth-order valence-electron chi connectivity index (χ4n) is 3.62. The van der Waals surface area contributed by atoms with Gasteiger partial charge in [0.05, 0.1) is 22.2 Å². The van der Waals surface area contributed by atoms with Crippen molar-refractivity contribution < 1.29 is 17.9 Å². The number of benzene rings is 4. The first-order chi connectivity index (χ1) is 17.2. The summed E-state index contributed by atoms with van der Waals surface area (Å²) in [5, 5.41) is 5.31. The number of ether oxygens (including phenoxy) is 1. The number of amides is 1. The van der Waals surface area contributed by atoms with Gasteiger partial charge in [0.2, 0.25) is 5.91 Å². The van der Waals surface area contributed by atoms with Gasteiger partial charge in [0, 0.05) is 5.02 Å². The van der Waals surface area contributed by atoms with Crippen molar-refractivity contribution in [2.75, 3.05) is 24.0 Å². The molecule has 36 heavy (non-hydrogen) atoms. The van der Waals surface area contributed by atoms with Gasteiger partial charge in [0.15, 0.2) is 0 Å². The Hall–Kier alpha value is -3.26. The number of nitrogens with zero attached hydrogens (tertiary/aromatic N) is 1. The minimum atomic E-state index is -4.10. The Bertz CT molecular complexity index is 1490. The molecule has 4 aromatic rings. The standard InChI is InChI=1S/C27H24Cl2N2O4S/c1-19-6-11-24(12-7-19)36(33,34)31(26-17-22(28)9-13-25(26)29)18-27(32)30-14-15-35-23-10-8-20-4-2-3-5-21(20)16-23/h2-13,16-17H,14-15,18H2,1H3,(H,30,32). The number of sulfonamides is 1. The number of rotatable bonds is 9. The fourth-order valence-corrected chi connectivity index (χ4v) is 5.48. The van der Waals surface area contributed by atoms with Crippen molar-refractivity contribution in [2.24, 2.45) is 0 Å². The third-order valence-corrected chi connectivity index (χ3v) is 7.82. The minimum Gasteiger partial charge on any atom is -0.492 e. The summed E-state index contributed by atoms with van der Waals surface area (Å²) < 4.78 is 33.7. The number of anilines is 1. The smallest absolute Gasteiger partial charge is 0.264 e. The van der Waals surface area contributed by atoms with E-state index in [1.54, 1.807) is 18.2 Å². The van der Waals surface area contributed by atoms with Gasteiger partial charge < -0.3 is 10.1 Å². The number of hydrogen-bond acceptors (Lipinski definition) is 4. The third-order valence-electron chi connectivity index (χ3n) is 5.49. The zero-order valence-electron chi connectivity index (χ0n) is 19.4. The Kier molecular flexibility index (Phi) is 8.04. The molecule has 0 spiro atoms. The highest BCUT2D eigenvalue weighted by atomic mass is 35.5. The van der Waals surface area contributed by atoms with Crippen LogP contribution < -0.4 is 14.4 Å². The lowest BCUT2D eigenvalue weighted by Crippen LogP contribution is -2.42. The number of carbonyl (C=O) groups is 1. The molecule has 6 nitrogen and oxygen atoms in total. The maximum absolute atomic E-state index is 13.5. The number of nitrogens with one attached hydrogen (secondary N) is 1. The summed E-state index contributed by atoms with van der Waals surface area (Å²) in [4.78, 5) is 12.8. The first-order valence-electron chi connectivity index (χ1n) is 11.2. The van der Waals surface area contributed by atoms with Crippen molar-refractivity contribution in [1.29, 1.82) is 0 Å². The van der Waals surface area contributed by atoms with E-state index in [1.807, 2.05) is 49.4 Å². The number of halogens is 2. The first kappa shape index (κ1) is 25.8. The van der Waals surface area contributed by atoms with Crippen LogP contribution in [0, 0.1) is 6.92 Å². The van der Waals surface area contributed by atoms with Crippen LogP contribution in [0.2, 0.25) is 10.0 Å². The summed E-state index contributed by atoms with van der Waals surface area (Å²) in [5.41, 5.74) is 1.03. The molecule has 186 valence electrons. The summed E-state index contributed by atoms with van der Waals surface area (Å²) >= 11 is 12.4. The van der Waals surface area contributed by atoms with E-state index in [0.717, 1.165) is 20.6 Å². The summed E-state index contributed by atoms with van der Waals surface area (Å²) in [6.45, 7) is 1.78. The zero-order valence-corrected chi connectivity index (χ0v) is 21.8. The summed E-state index contributed by atoms with van der Waals surface area (Å²) in [6.07, 6.45) is 0. The molecule has 9 heteroatoms. The van der Waals surface area contributed by atoms with Gasteiger partial charge in [-0.15, -0.1) is 0 Å². The lowest BCUT2D eigenvalue weighted by molar-refractivity contribution is -0.119. The maximum Gasteiger partial charge on any atom is 0.264 e. The highest BCUT2D eigenvalue weighted by Crippen LogP contribution is 2.33.